The Morgan fingerprint density at radius 1 is 1.19 bits per heavy atom. The molecule has 0 amide bonds. The molecule has 1 saturated heterocycles. The summed E-state index contributed by atoms with van der Waals surface area (Å²) in [5, 5.41) is 0.952. The highest BCUT2D eigenvalue weighted by Gasteiger charge is 2.29. The lowest BCUT2D eigenvalue weighted by atomic mass is 10.1. The molecule has 26 heavy (non-hydrogen) atoms. The number of ether oxygens (including phenoxy) is 1. The van der Waals surface area contributed by atoms with Crippen molar-refractivity contribution in [2.24, 2.45) is 0 Å². The first-order chi connectivity index (χ1) is 12.4. The number of nitrogens with zero attached hydrogens (tertiary/aromatic N) is 1. The number of hydrogen-bond acceptors (Lipinski definition) is 4. The summed E-state index contributed by atoms with van der Waals surface area (Å²) < 4.78 is 32.9. The van der Waals surface area contributed by atoms with Crippen molar-refractivity contribution < 1.29 is 13.2 Å². The summed E-state index contributed by atoms with van der Waals surface area (Å²) in [5.41, 5.74) is 1.89. The number of sulfonamides is 1. The zero-order valence-electron chi connectivity index (χ0n) is 14.8. The van der Waals surface area contributed by atoms with Crippen LogP contribution in [0.1, 0.15) is 22.8 Å². The highest BCUT2D eigenvalue weighted by molar-refractivity contribution is 7.99. The van der Waals surface area contributed by atoms with Crippen LogP contribution < -0.4 is 4.74 Å². The first-order valence-corrected chi connectivity index (χ1v) is 11.3. The maximum atomic E-state index is 13.1. The minimum atomic E-state index is -3.52. The number of rotatable bonds is 4. The van der Waals surface area contributed by atoms with Gasteiger partial charge in [-0.25, -0.2) is 8.42 Å². The molecule has 0 N–H and O–H groups in total. The van der Waals surface area contributed by atoms with Crippen molar-refractivity contribution in [1.82, 2.24) is 4.31 Å². The summed E-state index contributed by atoms with van der Waals surface area (Å²) in [5.74, 6) is 1.43. The van der Waals surface area contributed by atoms with E-state index in [2.05, 4.69) is 0 Å². The van der Waals surface area contributed by atoms with E-state index in [-0.39, 0.29) is 5.25 Å². The summed E-state index contributed by atoms with van der Waals surface area (Å²) in [6, 6.07) is 12.8. The molecule has 7 heteroatoms. The Hall–Kier alpha value is -1.21. The quantitative estimate of drug-likeness (QED) is 0.741. The van der Waals surface area contributed by atoms with Crippen LogP contribution in [-0.2, 0) is 10.0 Å². The largest absolute Gasteiger partial charge is 0.496 e. The van der Waals surface area contributed by atoms with Crippen LogP contribution in [0.15, 0.2) is 47.4 Å². The fourth-order valence-corrected chi connectivity index (χ4v) is 6.39. The van der Waals surface area contributed by atoms with E-state index in [1.54, 1.807) is 41.4 Å². The van der Waals surface area contributed by atoms with Crippen molar-refractivity contribution in [2.45, 2.75) is 23.5 Å². The summed E-state index contributed by atoms with van der Waals surface area (Å²) in [7, 11) is -1.94. The maximum Gasteiger partial charge on any atom is 0.243 e. The van der Waals surface area contributed by atoms with Gasteiger partial charge >= 0.3 is 0 Å². The van der Waals surface area contributed by atoms with Gasteiger partial charge in [-0.2, -0.15) is 16.1 Å². The van der Waals surface area contributed by atoms with Crippen LogP contribution in [0.4, 0.5) is 0 Å². The van der Waals surface area contributed by atoms with Gasteiger partial charge in [0.25, 0.3) is 0 Å². The molecular formula is C19H22ClNO3S2. The molecule has 2 aromatic rings. The number of halogens is 1. The van der Waals surface area contributed by atoms with E-state index in [1.165, 1.54) is 0 Å². The van der Waals surface area contributed by atoms with Crippen LogP contribution in [0.3, 0.4) is 0 Å². The standard InChI is InChI=1S/C19H22ClNO3S2/c1-14-13-15(7-8-18(14)24-2)26(22,23)21-10-9-19(25-12-11-21)16-5-3-4-6-17(16)20/h3-8,13,19H,9-12H2,1-2H3. The average Bonchev–Trinajstić information content (AvgIpc) is 2.88. The predicted octanol–water partition coefficient (Wildman–Crippen LogP) is 4.53. The second-order valence-corrected chi connectivity index (χ2v) is 9.86. The molecule has 1 unspecified atom stereocenters. The Labute approximate surface area is 164 Å². The minimum Gasteiger partial charge on any atom is -0.496 e. The van der Waals surface area contributed by atoms with Gasteiger partial charge in [-0.3, -0.25) is 0 Å². The summed E-state index contributed by atoms with van der Waals surface area (Å²) in [6.45, 7) is 2.83. The SMILES string of the molecule is COc1ccc(S(=O)(=O)N2CCSC(c3ccccc3Cl)CC2)cc1C. The molecule has 0 saturated carbocycles. The molecule has 1 aliphatic heterocycles. The van der Waals surface area contributed by atoms with Gasteiger partial charge in [-0.05, 0) is 48.7 Å². The van der Waals surface area contributed by atoms with Crippen molar-refractivity contribution in [3.63, 3.8) is 0 Å². The Morgan fingerprint density at radius 2 is 1.96 bits per heavy atom. The third-order valence-electron chi connectivity index (χ3n) is 4.56. The van der Waals surface area contributed by atoms with Crippen LogP contribution >= 0.6 is 23.4 Å². The Kier molecular flexibility index (Phi) is 6.17. The van der Waals surface area contributed by atoms with Crippen LogP contribution in [0.2, 0.25) is 5.02 Å². The first kappa shape index (κ1) is 19.5. The Morgan fingerprint density at radius 3 is 2.65 bits per heavy atom. The molecular weight excluding hydrogens is 390 g/mol. The molecule has 2 aromatic carbocycles. The second kappa shape index (κ2) is 8.21. The molecule has 140 valence electrons. The number of thioether (sulfide) groups is 1. The second-order valence-electron chi connectivity index (χ2n) is 6.21. The van der Waals surface area contributed by atoms with E-state index < -0.39 is 10.0 Å². The van der Waals surface area contributed by atoms with Gasteiger partial charge in [-0.15, -0.1) is 0 Å². The average molecular weight is 412 g/mol. The van der Waals surface area contributed by atoms with Gasteiger partial charge in [0.1, 0.15) is 5.75 Å². The van der Waals surface area contributed by atoms with Crippen LogP contribution in [0.5, 0.6) is 5.75 Å². The first-order valence-electron chi connectivity index (χ1n) is 8.44. The third-order valence-corrected chi connectivity index (χ3v) is 8.11. The number of hydrogen-bond donors (Lipinski definition) is 0. The zero-order valence-corrected chi connectivity index (χ0v) is 17.2. The van der Waals surface area contributed by atoms with E-state index in [0.717, 1.165) is 28.3 Å². The van der Waals surface area contributed by atoms with E-state index >= 15 is 0 Å². The predicted molar refractivity (Wildman–Crippen MR) is 108 cm³/mol. The molecule has 1 heterocycles. The molecule has 1 fully saturated rings. The van der Waals surface area contributed by atoms with Crippen molar-refractivity contribution in [1.29, 1.82) is 0 Å². The monoisotopic (exact) mass is 411 g/mol. The molecule has 1 aliphatic rings. The molecule has 1 atom stereocenters. The van der Waals surface area contributed by atoms with Crippen LogP contribution in [-0.4, -0.2) is 38.7 Å². The Balaban J connectivity index is 1.80. The van der Waals surface area contributed by atoms with Crippen LogP contribution in [0.25, 0.3) is 0 Å². The smallest absolute Gasteiger partial charge is 0.243 e. The van der Waals surface area contributed by atoms with E-state index in [9.17, 15) is 8.42 Å². The van der Waals surface area contributed by atoms with E-state index in [4.69, 9.17) is 16.3 Å². The van der Waals surface area contributed by atoms with Crippen LogP contribution in [0, 0.1) is 6.92 Å². The number of aryl methyl sites for hydroxylation is 1. The van der Waals surface area contributed by atoms with Crippen molar-refractivity contribution >= 4 is 33.4 Å². The summed E-state index contributed by atoms with van der Waals surface area (Å²) in [6.07, 6.45) is 0.739. The highest BCUT2D eigenvalue weighted by atomic mass is 35.5. The molecule has 0 bridgehead atoms. The lowest BCUT2D eigenvalue weighted by Crippen LogP contribution is -2.33. The molecule has 0 aromatic heterocycles. The fourth-order valence-electron chi connectivity index (χ4n) is 3.14. The third kappa shape index (κ3) is 4.03. The van der Waals surface area contributed by atoms with E-state index in [0.29, 0.717) is 23.7 Å². The highest BCUT2D eigenvalue weighted by Crippen LogP contribution is 2.38. The molecule has 3 rings (SSSR count). The lowest BCUT2D eigenvalue weighted by molar-refractivity contribution is 0.410. The molecule has 4 nitrogen and oxygen atoms in total. The van der Waals surface area contributed by atoms with E-state index in [1.807, 2.05) is 31.2 Å². The molecule has 0 aliphatic carbocycles. The molecule has 0 radical (unpaired) electrons. The molecule has 0 spiro atoms. The van der Waals surface area contributed by atoms with Crippen molar-refractivity contribution in [3.8, 4) is 5.75 Å². The van der Waals surface area contributed by atoms with Gasteiger partial charge in [0.2, 0.25) is 10.0 Å². The summed E-state index contributed by atoms with van der Waals surface area (Å²) in [4.78, 5) is 0.317. The van der Waals surface area contributed by atoms with Crippen molar-refractivity contribution in [3.05, 3.63) is 58.6 Å². The maximum absolute atomic E-state index is 13.1. The lowest BCUT2D eigenvalue weighted by Gasteiger charge is -2.21. The van der Waals surface area contributed by atoms with Crippen molar-refractivity contribution in [2.75, 3.05) is 26.0 Å². The van der Waals surface area contributed by atoms with Gasteiger partial charge in [0.15, 0.2) is 0 Å². The Bertz CT molecular complexity index is 886. The fraction of sp³-hybridized carbons (Fsp3) is 0.368. The zero-order chi connectivity index (χ0) is 18.7. The van der Waals surface area contributed by atoms with Gasteiger partial charge in [-0.1, -0.05) is 29.8 Å². The normalized spacial score (nSPS) is 19.1. The number of benzene rings is 2. The topological polar surface area (TPSA) is 46.6 Å². The van der Waals surface area contributed by atoms with Gasteiger partial charge in [0, 0.05) is 29.1 Å². The van der Waals surface area contributed by atoms with Gasteiger partial charge in [0.05, 0.1) is 12.0 Å². The summed E-state index contributed by atoms with van der Waals surface area (Å²) >= 11 is 8.09. The minimum absolute atomic E-state index is 0.210. The number of methoxy groups -OCH3 is 1. The van der Waals surface area contributed by atoms with Gasteiger partial charge < -0.3 is 4.74 Å².